The van der Waals surface area contributed by atoms with E-state index in [-0.39, 0.29) is 0 Å². The van der Waals surface area contributed by atoms with Gasteiger partial charge in [-0.15, -0.1) is 0 Å². The van der Waals surface area contributed by atoms with E-state index < -0.39 is 0 Å². The van der Waals surface area contributed by atoms with Gasteiger partial charge >= 0.3 is 0 Å². The van der Waals surface area contributed by atoms with Crippen LogP contribution in [0.5, 0.6) is 0 Å². The van der Waals surface area contributed by atoms with E-state index in [9.17, 15) is 0 Å². The lowest BCUT2D eigenvalue weighted by molar-refractivity contribution is 0.668. The van der Waals surface area contributed by atoms with Gasteiger partial charge in [0, 0.05) is 66.6 Å². The Morgan fingerprint density at radius 2 is 0.865 bits per heavy atom. The summed E-state index contributed by atoms with van der Waals surface area (Å²) in [5.41, 5.74) is 12.5. The van der Waals surface area contributed by atoms with Crippen molar-refractivity contribution in [3.63, 3.8) is 0 Å². The Bertz CT molecular complexity index is 3090. The summed E-state index contributed by atoms with van der Waals surface area (Å²) in [6, 6.07) is 61.1. The highest BCUT2D eigenvalue weighted by Crippen LogP contribution is 2.44. The summed E-state index contributed by atoms with van der Waals surface area (Å²) in [5, 5.41) is 6.53. The molecule has 0 N–H and O–H groups in total. The highest BCUT2D eigenvalue weighted by molar-refractivity contribution is 6.18. The van der Waals surface area contributed by atoms with Crippen LogP contribution in [-0.2, 0) is 0 Å². The van der Waals surface area contributed by atoms with E-state index in [1.165, 1.54) is 0 Å². The van der Waals surface area contributed by atoms with Crippen molar-refractivity contribution in [2.75, 3.05) is 4.90 Å². The van der Waals surface area contributed by atoms with E-state index in [2.05, 4.69) is 150 Å². The van der Waals surface area contributed by atoms with Crippen LogP contribution in [0.1, 0.15) is 0 Å². The Morgan fingerprint density at radius 1 is 0.308 bits per heavy atom. The molecule has 0 atom stereocenters. The average molecular weight is 668 g/mol. The minimum absolute atomic E-state index is 0.827. The van der Waals surface area contributed by atoms with Crippen LogP contribution in [0.3, 0.4) is 0 Å². The van der Waals surface area contributed by atoms with Crippen LogP contribution in [-0.4, -0.2) is 0 Å². The molecule has 0 bridgehead atoms. The van der Waals surface area contributed by atoms with E-state index >= 15 is 0 Å². The number of hydrogen-bond donors (Lipinski definition) is 0. The van der Waals surface area contributed by atoms with Crippen LogP contribution < -0.4 is 4.90 Å². The largest absolute Gasteiger partial charge is 0.456 e. The van der Waals surface area contributed by atoms with E-state index in [0.29, 0.717) is 0 Å². The van der Waals surface area contributed by atoms with Crippen molar-refractivity contribution in [3.8, 4) is 22.3 Å². The second-order valence-electron chi connectivity index (χ2n) is 13.2. The van der Waals surface area contributed by atoms with Crippen molar-refractivity contribution < 1.29 is 13.3 Å². The average Bonchev–Trinajstić information content (AvgIpc) is 3.89. The summed E-state index contributed by atoms with van der Waals surface area (Å²) >= 11 is 0. The molecular formula is C48H29NO3. The van der Waals surface area contributed by atoms with Crippen molar-refractivity contribution in [3.05, 3.63) is 176 Å². The first-order chi connectivity index (χ1) is 25.8. The van der Waals surface area contributed by atoms with E-state index in [0.717, 1.165) is 105 Å². The first kappa shape index (κ1) is 28.8. The summed E-state index contributed by atoms with van der Waals surface area (Å²) in [6.45, 7) is 0. The highest BCUT2D eigenvalue weighted by Gasteiger charge is 2.20. The van der Waals surface area contributed by atoms with E-state index in [4.69, 9.17) is 13.3 Å². The molecule has 52 heavy (non-hydrogen) atoms. The molecule has 0 radical (unpaired) electrons. The highest BCUT2D eigenvalue weighted by atomic mass is 16.3. The minimum Gasteiger partial charge on any atom is -0.456 e. The Hall–Kier alpha value is -7.04. The molecule has 0 saturated carbocycles. The molecule has 0 unspecified atom stereocenters. The molecular weight excluding hydrogens is 639 g/mol. The number of anilines is 3. The van der Waals surface area contributed by atoms with Gasteiger partial charge in [-0.25, -0.2) is 0 Å². The third-order valence-electron chi connectivity index (χ3n) is 10.3. The molecule has 0 fully saturated rings. The van der Waals surface area contributed by atoms with Gasteiger partial charge in [-0.3, -0.25) is 0 Å². The molecule has 0 aliphatic rings. The van der Waals surface area contributed by atoms with Gasteiger partial charge in [0.25, 0.3) is 0 Å². The molecule has 11 rings (SSSR count). The van der Waals surface area contributed by atoms with Crippen molar-refractivity contribution in [2.24, 2.45) is 0 Å². The zero-order valence-corrected chi connectivity index (χ0v) is 27.9. The van der Waals surface area contributed by atoms with Gasteiger partial charge in [0.1, 0.15) is 33.5 Å². The number of para-hydroxylation sites is 5. The van der Waals surface area contributed by atoms with Gasteiger partial charge < -0.3 is 18.2 Å². The van der Waals surface area contributed by atoms with Crippen molar-refractivity contribution in [1.29, 1.82) is 0 Å². The molecule has 0 spiro atoms. The summed E-state index contributed by atoms with van der Waals surface area (Å²) in [6.07, 6.45) is 0. The molecule has 0 aliphatic heterocycles. The Morgan fingerprint density at radius 3 is 1.65 bits per heavy atom. The summed E-state index contributed by atoms with van der Waals surface area (Å²) in [4.78, 5) is 2.26. The van der Waals surface area contributed by atoms with Gasteiger partial charge in [-0.1, -0.05) is 109 Å². The predicted octanol–water partition coefficient (Wildman–Crippen LogP) is 14.2. The fourth-order valence-electron chi connectivity index (χ4n) is 7.93. The Labute approximate surface area is 298 Å². The molecule has 4 nitrogen and oxygen atoms in total. The van der Waals surface area contributed by atoms with Gasteiger partial charge in [0.05, 0.1) is 0 Å². The maximum absolute atomic E-state index is 6.75. The smallest absolute Gasteiger partial charge is 0.143 e. The normalized spacial score (nSPS) is 11.8. The van der Waals surface area contributed by atoms with Crippen LogP contribution in [0.2, 0.25) is 0 Å². The van der Waals surface area contributed by atoms with Crippen molar-refractivity contribution in [1.82, 2.24) is 0 Å². The van der Waals surface area contributed by atoms with Gasteiger partial charge in [0.15, 0.2) is 0 Å². The lowest BCUT2D eigenvalue weighted by Crippen LogP contribution is -2.09. The second kappa shape index (κ2) is 11.2. The third-order valence-corrected chi connectivity index (χ3v) is 10.3. The van der Waals surface area contributed by atoms with E-state index in [1.54, 1.807) is 0 Å². The third kappa shape index (κ3) is 4.34. The summed E-state index contributed by atoms with van der Waals surface area (Å²) < 4.78 is 19.8. The van der Waals surface area contributed by atoms with E-state index in [1.807, 2.05) is 30.3 Å². The lowest BCUT2D eigenvalue weighted by atomic mass is 9.96. The standard InChI is InChI=1S/C48H29NO3/c1-3-12-31(13-4-1)49(32-14-5-2-6-15-32)33-25-27-36-39-19-9-17-34(47(39)52-45(36)29-33)30-24-26-41-44(28-30)50-43-23-11-18-37(46(41)43)40-21-10-20-38-35-16-7-8-22-42(35)51-48(38)40/h1-29H. The first-order valence-electron chi connectivity index (χ1n) is 17.5. The fourth-order valence-corrected chi connectivity index (χ4v) is 7.93. The lowest BCUT2D eigenvalue weighted by Gasteiger charge is -2.25. The zero-order valence-electron chi connectivity index (χ0n) is 27.9. The summed E-state index contributed by atoms with van der Waals surface area (Å²) in [5.74, 6) is 0. The topological polar surface area (TPSA) is 42.7 Å². The van der Waals surface area contributed by atoms with Crippen LogP contribution in [0.15, 0.2) is 189 Å². The molecule has 3 aromatic heterocycles. The molecule has 11 aromatic rings. The molecule has 8 aromatic carbocycles. The number of rotatable bonds is 5. The molecule has 4 heteroatoms. The second-order valence-corrected chi connectivity index (χ2v) is 13.2. The molecule has 244 valence electrons. The maximum atomic E-state index is 6.75. The fraction of sp³-hybridized carbons (Fsp3) is 0. The number of nitrogens with zero attached hydrogens (tertiary/aromatic N) is 1. The number of furan rings is 3. The molecule has 0 saturated heterocycles. The van der Waals surface area contributed by atoms with Crippen LogP contribution in [0.25, 0.3) is 88.1 Å². The van der Waals surface area contributed by atoms with Gasteiger partial charge in [-0.2, -0.15) is 0 Å². The Kier molecular flexibility index (Phi) is 6.22. The minimum atomic E-state index is 0.827. The molecule has 3 heterocycles. The van der Waals surface area contributed by atoms with Gasteiger partial charge in [-0.05, 0) is 71.8 Å². The van der Waals surface area contributed by atoms with Crippen molar-refractivity contribution in [2.45, 2.75) is 0 Å². The monoisotopic (exact) mass is 667 g/mol. The number of hydrogen-bond acceptors (Lipinski definition) is 4. The molecule has 0 amide bonds. The van der Waals surface area contributed by atoms with Crippen LogP contribution in [0, 0.1) is 0 Å². The molecule has 0 aliphatic carbocycles. The first-order valence-corrected chi connectivity index (χ1v) is 17.5. The van der Waals surface area contributed by atoms with Gasteiger partial charge in [0.2, 0.25) is 0 Å². The predicted molar refractivity (Wildman–Crippen MR) is 214 cm³/mol. The number of fused-ring (bicyclic) bond motifs is 9. The van der Waals surface area contributed by atoms with Crippen LogP contribution in [0.4, 0.5) is 17.1 Å². The zero-order chi connectivity index (χ0) is 34.2. The maximum Gasteiger partial charge on any atom is 0.143 e. The Balaban J connectivity index is 1.04. The SMILES string of the molecule is c1ccc(N(c2ccccc2)c2ccc3c(c2)oc2c(-c4ccc5c(c4)oc4cccc(-c6cccc7c6oc6ccccc67)c45)cccc23)cc1. The number of benzene rings is 8. The van der Waals surface area contributed by atoms with Crippen molar-refractivity contribution >= 4 is 82.9 Å². The summed E-state index contributed by atoms with van der Waals surface area (Å²) in [7, 11) is 0. The van der Waals surface area contributed by atoms with Crippen LogP contribution >= 0.6 is 0 Å². The quantitative estimate of drug-likeness (QED) is 0.183.